The van der Waals surface area contributed by atoms with E-state index in [0.29, 0.717) is 11.6 Å². The van der Waals surface area contributed by atoms with E-state index in [1.807, 2.05) is 12.1 Å². The number of carboxylic acids is 1. The summed E-state index contributed by atoms with van der Waals surface area (Å²) < 4.78 is 0. The third-order valence-electron chi connectivity index (χ3n) is 3.75. The van der Waals surface area contributed by atoms with E-state index < -0.39 is 5.97 Å². The molecule has 3 heteroatoms. The average Bonchev–Trinajstić information content (AvgIpc) is 2.55. The quantitative estimate of drug-likeness (QED) is 0.892. The molecule has 1 aromatic rings. The lowest BCUT2D eigenvalue weighted by Crippen LogP contribution is -2.31. The summed E-state index contributed by atoms with van der Waals surface area (Å²) in [6, 6.07) is 7.89. The summed E-state index contributed by atoms with van der Waals surface area (Å²) in [5, 5.41) is 9.00. The fraction of sp³-hybridized carbons (Fsp3) is 0.533. The molecule has 0 aliphatic carbocycles. The smallest absolute Gasteiger partial charge is 0.335 e. The van der Waals surface area contributed by atoms with Gasteiger partial charge >= 0.3 is 5.97 Å². The van der Waals surface area contributed by atoms with Crippen LogP contribution in [0.5, 0.6) is 0 Å². The van der Waals surface area contributed by atoms with Gasteiger partial charge in [-0.2, -0.15) is 0 Å². The molecule has 1 N–H and O–H groups in total. The molecule has 1 fully saturated rings. The van der Waals surface area contributed by atoms with Crippen molar-refractivity contribution in [3.8, 4) is 0 Å². The molecule has 1 aromatic carbocycles. The Kier molecular flexibility index (Phi) is 4.37. The van der Waals surface area contributed by atoms with Gasteiger partial charge in [0.25, 0.3) is 0 Å². The molecule has 0 bridgehead atoms. The van der Waals surface area contributed by atoms with Crippen LogP contribution < -0.4 is 0 Å². The van der Waals surface area contributed by atoms with Crippen LogP contribution in [0.1, 0.15) is 48.5 Å². The van der Waals surface area contributed by atoms with Crippen LogP contribution in [-0.4, -0.2) is 28.6 Å². The molecule has 0 spiro atoms. The zero-order valence-electron chi connectivity index (χ0n) is 10.9. The van der Waals surface area contributed by atoms with Gasteiger partial charge in [-0.15, -0.1) is 0 Å². The van der Waals surface area contributed by atoms with Gasteiger partial charge < -0.3 is 5.11 Å². The highest BCUT2D eigenvalue weighted by Crippen LogP contribution is 2.19. The normalized spacial score (nSPS) is 21.5. The Morgan fingerprint density at radius 1 is 1.39 bits per heavy atom. The first-order valence-corrected chi connectivity index (χ1v) is 6.73. The Morgan fingerprint density at radius 3 is 3.00 bits per heavy atom. The Hall–Kier alpha value is -1.35. The van der Waals surface area contributed by atoms with Crippen LogP contribution in [0, 0.1) is 0 Å². The van der Waals surface area contributed by atoms with Crippen molar-refractivity contribution in [1.29, 1.82) is 0 Å². The van der Waals surface area contributed by atoms with Crippen molar-refractivity contribution < 1.29 is 9.90 Å². The number of hydrogen-bond acceptors (Lipinski definition) is 2. The number of carbonyl (C=O) groups is 1. The van der Waals surface area contributed by atoms with Gasteiger partial charge in [-0.05, 0) is 44.0 Å². The third-order valence-corrected chi connectivity index (χ3v) is 3.75. The summed E-state index contributed by atoms with van der Waals surface area (Å²) in [4.78, 5) is 13.4. The monoisotopic (exact) mass is 247 g/mol. The molecule has 1 heterocycles. The van der Waals surface area contributed by atoms with Gasteiger partial charge in [-0.3, -0.25) is 4.90 Å². The number of rotatable bonds is 3. The molecule has 0 amide bonds. The highest BCUT2D eigenvalue weighted by Gasteiger charge is 2.17. The minimum absolute atomic E-state index is 0.384. The van der Waals surface area contributed by atoms with Gasteiger partial charge in [0.05, 0.1) is 5.56 Å². The van der Waals surface area contributed by atoms with Crippen molar-refractivity contribution >= 4 is 5.97 Å². The summed E-state index contributed by atoms with van der Waals surface area (Å²) in [6.07, 6.45) is 5.13. The largest absolute Gasteiger partial charge is 0.478 e. The minimum Gasteiger partial charge on any atom is -0.478 e. The van der Waals surface area contributed by atoms with Crippen LogP contribution in [-0.2, 0) is 6.54 Å². The molecule has 98 valence electrons. The van der Waals surface area contributed by atoms with Crippen LogP contribution >= 0.6 is 0 Å². The van der Waals surface area contributed by atoms with Gasteiger partial charge in [0, 0.05) is 12.6 Å². The van der Waals surface area contributed by atoms with Crippen molar-refractivity contribution in [3.63, 3.8) is 0 Å². The van der Waals surface area contributed by atoms with E-state index in [1.54, 1.807) is 12.1 Å². The van der Waals surface area contributed by atoms with Crippen molar-refractivity contribution in [3.05, 3.63) is 35.4 Å². The fourth-order valence-electron chi connectivity index (χ4n) is 2.61. The SMILES string of the molecule is CC1CCCCCN1Cc1cccc(C(=O)O)c1. The first-order valence-electron chi connectivity index (χ1n) is 6.73. The second-order valence-electron chi connectivity index (χ2n) is 5.17. The van der Waals surface area contributed by atoms with Crippen LogP contribution in [0.4, 0.5) is 0 Å². The summed E-state index contributed by atoms with van der Waals surface area (Å²) in [5.41, 5.74) is 1.48. The molecule has 1 saturated heterocycles. The molecule has 0 radical (unpaired) electrons. The Morgan fingerprint density at radius 2 is 2.22 bits per heavy atom. The van der Waals surface area contributed by atoms with E-state index in [4.69, 9.17) is 5.11 Å². The third kappa shape index (κ3) is 3.33. The average molecular weight is 247 g/mol. The van der Waals surface area contributed by atoms with Crippen molar-refractivity contribution in [2.45, 2.75) is 45.2 Å². The standard InChI is InChI=1S/C15H21NO2/c1-12-6-3-2-4-9-16(12)11-13-7-5-8-14(10-13)15(17)18/h5,7-8,10,12H,2-4,6,9,11H2,1H3,(H,17,18). The Labute approximate surface area is 108 Å². The molecule has 2 rings (SSSR count). The van der Waals surface area contributed by atoms with Crippen LogP contribution in [0.15, 0.2) is 24.3 Å². The number of nitrogens with zero attached hydrogens (tertiary/aromatic N) is 1. The van der Waals surface area contributed by atoms with E-state index >= 15 is 0 Å². The number of benzene rings is 1. The van der Waals surface area contributed by atoms with Crippen LogP contribution in [0.25, 0.3) is 0 Å². The van der Waals surface area contributed by atoms with Gasteiger partial charge in [0.15, 0.2) is 0 Å². The molecular weight excluding hydrogens is 226 g/mol. The molecule has 1 unspecified atom stereocenters. The summed E-state index contributed by atoms with van der Waals surface area (Å²) in [6.45, 7) is 4.26. The van der Waals surface area contributed by atoms with Crippen molar-refractivity contribution in [2.75, 3.05) is 6.54 Å². The van der Waals surface area contributed by atoms with Gasteiger partial charge in [0.1, 0.15) is 0 Å². The number of likely N-dealkylation sites (tertiary alicyclic amines) is 1. The van der Waals surface area contributed by atoms with Crippen LogP contribution in [0.2, 0.25) is 0 Å². The maximum absolute atomic E-state index is 11.0. The van der Waals surface area contributed by atoms with Gasteiger partial charge in [-0.1, -0.05) is 25.0 Å². The zero-order valence-corrected chi connectivity index (χ0v) is 10.9. The topological polar surface area (TPSA) is 40.5 Å². The lowest BCUT2D eigenvalue weighted by Gasteiger charge is -2.27. The van der Waals surface area contributed by atoms with E-state index in [9.17, 15) is 4.79 Å². The molecular formula is C15H21NO2. The predicted molar refractivity (Wildman–Crippen MR) is 71.7 cm³/mol. The molecule has 1 aliphatic heterocycles. The van der Waals surface area contributed by atoms with E-state index in [1.165, 1.54) is 25.7 Å². The van der Waals surface area contributed by atoms with E-state index in [2.05, 4.69) is 11.8 Å². The van der Waals surface area contributed by atoms with Gasteiger partial charge in [0.2, 0.25) is 0 Å². The van der Waals surface area contributed by atoms with Crippen molar-refractivity contribution in [1.82, 2.24) is 4.90 Å². The maximum Gasteiger partial charge on any atom is 0.335 e. The van der Waals surface area contributed by atoms with E-state index in [-0.39, 0.29) is 0 Å². The summed E-state index contributed by atoms with van der Waals surface area (Å²) in [5.74, 6) is -0.847. The maximum atomic E-state index is 11.0. The predicted octanol–water partition coefficient (Wildman–Crippen LogP) is 3.15. The van der Waals surface area contributed by atoms with Crippen LogP contribution in [0.3, 0.4) is 0 Å². The number of aromatic carboxylic acids is 1. The molecule has 18 heavy (non-hydrogen) atoms. The number of hydrogen-bond donors (Lipinski definition) is 1. The molecule has 0 saturated carbocycles. The lowest BCUT2D eigenvalue weighted by molar-refractivity contribution is 0.0696. The molecule has 1 aliphatic rings. The van der Waals surface area contributed by atoms with E-state index in [0.717, 1.165) is 18.7 Å². The van der Waals surface area contributed by atoms with Crippen molar-refractivity contribution in [2.24, 2.45) is 0 Å². The second-order valence-corrected chi connectivity index (χ2v) is 5.17. The first kappa shape index (κ1) is 13.1. The highest BCUT2D eigenvalue weighted by atomic mass is 16.4. The fourth-order valence-corrected chi connectivity index (χ4v) is 2.61. The Balaban J connectivity index is 2.07. The first-order chi connectivity index (χ1) is 8.66. The second kappa shape index (κ2) is 6.01. The molecule has 3 nitrogen and oxygen atoms in total. The van der Waals surface area contributed by atoms with Gasteiger partial charge in [-0.25, -0.2) is 4.79 Å². The summed E-state index contributed by atoms with van der Waals surface area (Å²) >= 11 is 0. The Bertz CT molecular complexity index is 417. The zero-order chi connectivity index (χ0) is 13.0. The summed E-state index contributed by atoms with van der Waals surface area (Å²) in [7, 11) is 0. The lowest BCUT2D eigenvalue weighted by atomic mass is 10.1. The highest BCUT2D eigenvalue weighted by molar-refractivity contribution is 5.87. The minimum atomic E-state index is -0.847. The molecule has 1 atom stereocenters. The molecule has 0 aromatic heterocycles. The number of carboxylic acid groups (broad SMARTS) is 1.